The van der Waals surface area contributed by atoms with E-state index in [0.717, 1.165) is 16.2 Å². The monoisotopic (exact) mass is 468 g/mol. The topological polar surface area (TPSA) is 113 Å². The zero-order chi connectivity index (χ0) is 20.5. The number of urea groups is 1. The van der Waals surface area contributed by atoms with Crippen LogP contribution in [0.25, 0.3) is 0 Å². The van der Waals surface area contributed by atoms with Crippen LogP contribution in [0.4, 0.5) is 9.18 Å². The van der Waals surface area contributed by atoms with Crippen LogP contribution in [0.5, 0.6) is 0 Å². The summed E-state index contributed by atoms with van der Waals surface area (Å²) in [6.07, 6.45) is -0.139. The Morgan fingerprint density at radius 3 is 2.46 bits per heavy atom. The summed E-state index contributed by atoms with van der Waals surface area (Å²) in [4.78, 5) is 35.5. The Balaban J connectivity index is 1.85. The molecule has 0 fully saturated rings. The molecular formula is C18H18BrFN4O3S. The SMILES string of the molecule is NC(=O)NC(CC(=O)NNC(=O)CSc1ccccc1F)c1cccc(Br)c1. The van der Waals surface area contributed by atoms with Crippen molar-refractivity contribution < 1.29 is 18.8 Å². The zero-order valence-electron chi connectivity index (χ0n) is 14.6. The van der Waals surface area contributed by atoms with Gasteiger partial charge in [-0.05, 0) is 29.8 Å². The summed E-state index contributed by atoms with van der Waals surface area (Å²) in [5.74, 6) is -1.51. The number of hydrogen-bond donors (Lipinski definition) is 4. The Bertz CT molecular complexity index is 868. The molecular weight excluding hydrogens is 451 g/mol. The van der Waals surface area contributed by atoms with Gasteiger partial charge in [-0.1, -0.05) is 40.2 Å². The predicted octanol–water partition coefficient (Wildman–Crippen LogP) is 2.63. The van der Waals surface area contributed by atoms with Crippen LogP contribution in [0.2, 0.25) is 0 Å². The molecule has 1 unspecified atom stereocenters. The summed E-state index contributed by atoms with van der Waals surface area (Å²) < 4.78 is 14.3. The van der Waals surface area contributed by atoms with Crippen LogP contribution >= 0.6 is 27.7 Å². The minimum absolute atomic E-state index is 0.0736. The zero-order valence-corrected chi connectivity index (χ0v) is 17.0. The van der Waals surface area contributed by atoms with Crippen molar-refractivity contribution in [3.8, 4) is 0 Å². The van der Waals surface area contributed by atoms with E-state index in [4.69, 9.17) is 5.73 Å². The molecule has 7 nitrogen and oxygen atoms in total. The second-order valence-electron chi connectivity index (χ2n) is 5.64. The van der Waals surface area contributed by atoms with E-state index in [0.29, 0.717) is 10.5 Å². The maximum atomic E-state index is 13.5. The second kappa shape index (κ2) is 10.7. The van der Waals surface area contributed by atoms with Crippen molar-refractivity contribution in [2.75, 3.05) is 5.75 Å². The Hall–Kier alpha value is -2.59. The molecule has 0 aliphatic heterocycles. The number of halogens is 2. The molecule has 148 valence electrons. The summed E-state index contributed by atoms with van der Waals surface area (Å²) in [5.41, 5.74) is 10.4. The minimum Gasteiger partial charge on any atom is -0.352 e. The van der Waals surface area contributed by atoms with Crippen LogP contribution in [0.1, 0.15) is 18.0 Å². The molecule has 2 aromatic rings. The van der Waals surface area contributed by atoms with Gasteiger partial charge in [0.2, 0.25) is 11.8 Å². The fourth-order valence-electron chi connectivity index (χ4n) is 2.26. The number of carbonyl (C=O) groups is 3. The lowest BCUT2D eigenvalue weighted by Crippen LogP contribution is -2.44. The summed E-state index contributed by atoms with van der Waals surface area (Å²) in [6, 6.07) is 11.7. The van der Waals surface area contributed by atoms with Gasteiger partial charge in [-0.2, -0.15) is 0 Å². The van der Waals surface area contributed by atoms with E-state index in [1.165, 1.54) is 6.07 Å². The second-order valence-corrected chi connectivity index (χ2v) is 7.57. The van der Waals surface area contributed by atoms with Crippen molar-refractivity contribution >= 4 is 45.5 Å². The van der Waals surface area contributed by atoms with E-state index in [-0.39, 0.29) is 12.2 Å². The van der Waals surface area contributed by atoms with Crippen molar-refractivity contribution in [2.24, 2.45) is 5.73 Å². The molecule has 0 aliphatic carbocycles. The molecule has 2 rings (SSSR count). The fourth-order valence-corrected chi connectivity index (χ4v) is 3.42. The molecule has 1 atom stereocenters. The maximum Gasteiger partial charge on any atom is 0.312 e. The third-order valence-electron chi connectivity index (χ3n) is 3.49. The molecule has 10 heteroatoms. The summed E-state index contributed by atoms with van der Waals surface area (Å²) in [5, 5.41) is 2.49. The van der Waals surface area contributed by atoms with Gasteiger partial charge >= 0.3 is 6.03 Å². The fraction of sp³-hybridized carbons (Fsp3) is 0.167. The highest BCUT2D eigenvalue weighted by Crippen LogP contribution is 2.21. The summed E-state index contributed by atoms with van der Waals surface area (Å²) in [6.45, 7) is 0. The van der Waals surface area contributed by atoms with Crippen LogP contribution in [0.3, 0.4) is 0 Å². The Labute approximate surface area is 173 Å². The first-order valence-electron chi connectivity index (χ1n) is 8.11. The van der Waals surface area contributed by atoms with Gasteiger partial charge in [0.15, 0.2) is 0 Å². The van der Waals surface area contributed by atoms with Gasteiger partial charge in [0.05, 0.1) is 18.2 Å². The molecule has 0 spiro atoms. The number of amides is 4. The van der Waals surface area contributed by atoms with E-state index >= 15 is 0 Å². The lowest BCUT2D eigenvalue weighted by Gasteiger charge is -2.18. The number of hydrogen-bond acceptors (Lipinski definition) is 4. The van der Waals surface area contributed by atoms with Crippen molar-refractivity contribution in [1.29, 1.82) is 0 Å². The number of hydrazine groups is 1. The van der Waals surface area contributed by atoms with Crippen LogP contribution in [-0.2, 0) is 9.59 Å². The molecule has 0 radical (unpaired) electrons. The summed E-state index contributed by atoms with van der Waals surface area (Å²) in [7, 11) is 0. The van der Waals surface area contributed by atoms with Gasteiger partial charge in [-0.25, -0.2) is 9.18 Å². The standard InChI is InChI=1S/C18H18BrFN4O3S/c19-12-5-3-4-11(8-12)14(22-18(21)27)9-16(25)23-24-17(26)10-28-15-7-2-1-6-13(15)20/h1-8,14H,9-10H2,(H,23,25)(H,24,26)(H3,21,22,27). The number of nitrogens with one attached hydrogen (secondary N) is 3. The number of nitrogens with two attached hydrogens (primary N) is 1. The molecule has 0 bridgehead atoms. The molecule has 0 saturated carbocycles. The Kier molecular flexibility index (Phi) is 8.27. The van der Waals surface area contributed by atoms with Gasteiger partial charge in [0.25, 0.3) is 0 Å². The van der Waals surface area contributed by atoms with Crippen molar-refractivity contribution in [3.63, 3.8) is 0 Å². The lowest BCUT2D eigenvalue weighted by molar-refractivity contribution is -0.127. The van der Waals surface area contributed by atoms with Gasteiger partial charge in [-0.15, -0.1) is 11.8 Å². The van der Waals surface area contributed by atoms with E-state index in [9.17, 15) is 18.8 Å². The van der Waals surface area contributed by atoms with Crippen LogP contribution in [-0.4, -0.2) is 23.6 Å². The number of primary amides is 1. The number of carbonyl (C=O) groups excluding carboxylic acids is 3. The van der Waals surface area contributed by atoms with E-state index in [2.05, 4.69) is 32.1 Å². The first-order valence-corrected chi connectivity index (χ1v) is 9.89. The Morgan fingerprint density at radius 1 is 1.07 bits per heavy atom. The van der Waals surface area contributed by atoms with Crippen molar-refractivity contribution in [2.45, 2.75) is 17.4 Å². The highest BCUT2D eigenvalue weighted by molar-refractivity contribution is 9.10. The highest BCUT2D eigenvalue weighted by Gasteiger charge is 2.18. The third kappa shape index (κ3) is 7.20. The van der Waals surface area contributed by atoms with Gasteiger partial charge < -0.3 is 11.1 Å². The maximum absolute atomic E-state index is 13.5. The van der Waals surface area contributed by atoms with E-state index in [1.54, 1.807) is 42.5 Å². The van der Waals surface area contributed by atoms with E-state index < -0.39 is 29.7 Å². The molecule has 28 heavy (non-hydrogen) atoms. The van der Waals surface area contributed by atoms with Crippen LogP contribution < -0.4 is 21.9 Å². The van der Waals surface area contributed by atoms with Gasteiger partial charge in [-0.3, -0.25) is 20.4 Å². The smallest absolute Gasteiger partial charge is 0.312 e. The molecule has 0 aliphatic rings. The first-order chi connectivity index (χ1) is 13.3. The average Bonchev–Trinajstić information content (AvgIpc) is 2.65. The molecule has 4 amide bonds. The first kappa shape index (κ1) is 21.7. The van der Waals surface area contributed by atoms with Gasteiger partial charge in [0.1, 0.15) is 5.82 Å². The van der Waals surface area contributed by atoms with Crippen molar-refractivity contribution in [3.05, 3.63) is 64.4 Å². The molecule has 0 aromatic heterocycles. The Morgan fingerprint density at radius 2 is 1.79 bits per heavy atom. The molecule has 2 aromatic carbocycles. The largest absolute Gasteiger partial charge is 0.352 e. The average molecular weight is 469 g/mol. The lowest BCUT2D eigenvalue weighted by atomic mass is 10.0. The van der Waals surface area contributed by atoms with Gasteiger partial charge in [0, 0.05) is 9.37 Å². The number of benzene rings is 2. The van der Waals surface area contributed by atoms with Crippen LogP contribution in [0, 0.1) is 5.82 Å². The van der Waals surface area contributed by atoms with Crippen LogP contribution in [0.15, 0.2) is 57.9 Å². The molecule has 0 heterocycles. The number of rotatable bonds is 7. The normalized spacial score (nSPS) is 11.4. The van der Waals surface area contributed by atoms with E-state index in [1.807, 2.05) is 0 Å². The third-order valence-corrected chi connectivity index (χ3v) is 5.04. The minimum atomic E-state index is -0.775. The number of thioether (sulfide) groups is 1. The predicted molar refractivity (Wildman–Crippen MR) is 108 cm³/mol. The summed E-state index contributed by atoms with van der Waals surface area (Å²) >= 11 is 4.33. The highest BCUT2D eigenvalue weighted by atomic mass is 79.9. The molecule has 0 saturated heterocycles. The van der Waals surface area contributed by atoms with Crippen molar-refractivity contribution in [1.82, 2.24) is 16.2 Å². The molecule has 5 N–H and O–H groups in total. The quantitative estimate of drug-likeness (QED) is 0.369.